The Balaban J connectivity index is 2.25. The molecule has 120 valence electrons. The molecule has 0 saturated heterocycles. The number of nitrogens with zero attached hydrogens (tertiary/aromatic N) is 2. The number of halogens is 3. The third-order valence-electron chi connectivity index (χ3n) is 3.09. The first-order valence-corrected chi connectivity index (χ1v) is 6.58. The Bertz CT molecular complexity index is 673. The zero-order valence-corrected chi connectivity index (χ0v) is 12.3. The monoisotopic (exact) mass is 316 g/mol. The van der Waals surface area contributed by atoms with Gasteiger partial charge in [-0.05, 0) is 18.6 Å². The lowest BCUT2D eigenvalue weighted by Crippen LogP contribution is -2.26. The molecule has 8 heteroatoms. The molecule has 0 N–H and O–H groups in total. The van der Waals surface area contributed by atoms with E-state index in [4.69, 9.17) is 4.42 Å². The Kier molecular flexibility index (Phi) is 4.30. The van der Waals surface area contributed by atoms with Crippen LogP contribution < -0.4 is 0 Å². The van der Waals surface area contributed by atoms with Crippen molar-refractivity contribution >= 4 is 5.97 Å². The summed E-state index contributed by atoms with van der Waals surface area (Å²) in [6, 6.07) is 1.37. The van der Waals surface area contributed by atoms with Gasteiger partial charge < -0.3 is 9.15 Å². The van der Waals surface area contributed by atoms with Crippen LogP contribution in [0.15, 0.2) is 22.9 Å². The summed E-state index contributed by atoms with van der Waals surface area (Å²) in [4.78, 5) is 11.9. The first-order chi connectivity index (χ1) is 10.2. The summed E-state index contributed by atoms with van der Waals surface area (Å²) in [5.41, 5.74) is 0.446. The number of hydrogen-bond acceptors (Lipinski definition) is 4. The zero-order valence-electron chi connectivity index (χ0n) is 12.3. The molecule has 0 fully saturated rings. The standard InChI is InChI=1S/C14H15F3N2O3/c1-4-10-8(2)5-11(21-10)13(20)22-12(14(15,16)17)9-6-18-19(3)7-9/h5-7,12H,4H2,1-3H3. The van der Waals surface area contributed by atoms with Gasteiger partial charge in [-0.1, -0.05) is 6.92 Å². The van der Waals surface area contributed by atoms with Gasteiger partial charge in [-0.15, -0.1) is 0 Å². The average molecular weight is 316 g/mol. The molecular formula is C14H15F3N2O3. The van der Waals surface area contributed by atoms with Crippen LogP contribution in [-0.4, -0.2) is 21.9 Å². The maximum absolute atomic E-state index is 13.1. The Labute approximate surface area is 124 Å². The van der Waals surface area contributed by atoms with E-state index in [-0.39, 0.29) is 11.3 Å². The zero-order chi connectivity index (χ0) is 16.5. The minimum atomic E-state index is -4.74. The summed E-state index contributed by atoms with van der Waals surface area (Å²) in [6.45, 7) is 3.52. The van der Waals surface area contributed by atoms with Gasteiger partial charge in [0.2, 0.25) is 11.9 Å². The van der Waals surface area contributed by atoms with E-state index in [2.05, 4.69) is 9.84 Å². The molecule has 2 aromatic heterocycles. The van der Waals surface area contributed by atoms with E-state index in [1.807, 2.05) is 6.92 Å². The molecule has 2 rings (SSSR count). The normalized spacial score (nSPS) is 13.2. The number of carbonyl (C=O) groups is 1. The van der Waals surface area contributed by atoms with Crippen LogP contribution in [0.25, 0.3) is 0 Å². The predicted molar refractivity (Wildman–Crippen MR) is 70.2 cm³/mol. The van der Waals surface area contributed by atoms with Gasteiger partial charge >= 0.3 is 12.1 Å². The number of aryl methyl sites for hydroxylation is 3. The van der Waals surface area contributed by atoms with Crippen molar-refractivity contribution in [2.24, 2.45) is 7.05 Å². The average Bonchev–Trinajstić information content (AvgIpc) is 3.00. The molecule has 1 atom stereocenters. The van der Waals surface area contributed by atoms with Crippen molar-refractivity contribution in [1.29, 1.82) is 0 Å². The van der Waals surface area contributed by atoms with Crippen LogP contribution in [0.1, 0.15) is 40.5 Å². The minimum Gasteiger partial charge on any atom is -0.454 e. The van der Waals surface area contributed by atoms with Crippen LogP contribution in [0.2, 0.25) is 0 Å². The van der Waals surface area contributed by atoms with E-state index in [0.29, 0.717) is 17.7 Å². The van der Waals surface area contributed by atoms with Gasteiger partial charge in [0.1, 0.15) is 5.76 Å². The van der Waals surface area contributed by atoms with Crippen molar-refractivity contribution in [1.82, 2.24) is 9.78 Å². The fraction of sp³-hybridized carbons (Fsp3) is 0.429. The molecule has 2 heterocycles. The number of aromatic nitrogens is 2. The van der Waals surface area contributed by atoms with Gasteiger partial charge in [0.25, 0.3) is 0 Å². The summed E-state index contributed by atoms with van der Waals surface area (Å²) < 4.78 is 50.3. The van der Waals surface area contributed by atoms with Crippen molar-refractivity contribution in [3.63, 3.8) is 0 Å². The lowest BCUT2D eigenvalue weighted by molar-refractivity contribution is -0.207. The maximum Gasteiger partial charge on any atom is 0.429 e. The molecule has 5 nitrogen and oxygen atoms in total. The predicted octanol–water partition coefficient (Wildman–Crippen LogP) is 3.34. The third-order valence-corrected chi connectivity index (χ3v) is 3.09. The Hall–Kier alpha value is -2.25. The van der Waals surface area contributed by atoms with Crippen LogP contribution in [0.4, 0.5) is 13.2 Å². The number of carbonyl (C=O) groups excluding carboxylic acids is 1. The molecule has 2 aromatic rings. The van der Waals surface area contributed by atoms with E-state index in [9.17, 15) is 18.0 Å². The van der Waals surface area contributed by atoms with Crippen molar-refractivity contribution in [2.45, 2.75) is 32.5 Å². The van der Waals surface area contributed by atoms with Gasteiger partial charge in [-0.25, -0.2) is 4.79 Å². The molecule has 22 heavy (non-hydrogen) atoms. The van der Waals surface area contributed by atoms with E-state index < -0.39 is 18.2 Å². The Morgan fingerprint density at radius 1 is 1.50 bits per heavy atom. The SMILES string of the molecule is CCc1oc(C(=O)OC(c2cnn(C)c2)C(F)(F)F)cc1C. The second kappa shape index (κ2) is 5.86. The fourth-order valence-electron chi connectivity index (χ4n) is 2.04. The highest BCUT2D eigenvalue weighted by atomic mass is 19.4. The fourth-order valence-corrected chi connectivity index (χ4v) is 2.04. The van der Waals surface area contributed by atoms with Crippen LogP contribution in [0, 0.1) is 6.92 Å². The molecule has 0 bridgehead atoms. The summed E-state index contributed by atoms with van der Waals surface area (Å²) in [5.74, 6) is -0.863. The largest absolute Gasteiger partial charge is 0.454 e. The van der Waals surface area contributed by atoms with Crippen LogP contribution in [0.3, 0.4) is 0 Å². The van der Waals surface area contributed by atoms with Gasteiger partial charge in [0.05, 0.1) is 6.20 Å². The molecule has 0 aliphatic carbocycles. The number of ether oxygens (including phenoxy) is 1. The highest BCUT2D eigenvalue weighted by molar-refractivity contribution is 5.86. The van der Waals surface area contributed by atoms with Gasteiger partial charge in [0.15, 0.2) is 0 Å². The van der Waals surface area contributed by atoms with E-state index in [1.54, 1.807) is 6.92 Å². The smallest absolute Gasteiger partial charge is 0.429 e. The lowest BCUT2D eigenvalue weighted by Gasteiger charge is -2.18. The molecule has 1 unspecified atom stereocenters. The molecule has 0 aromatic carbocycles. The Morgan fingerprint density at radius 3 is 2.64 bits per heavy atom. The van der Waals surface area contributed by atoms with Gasteiger partial charge in [-0.3, -0.25) is 4.68 Å². The van der Waals surface area contributed by atoms with Crippen LogP contribution >= 0.6 is 0 Å². The third kappa shape index (κ3) is 3.32. The summed E-state index contributed by atoms with van der Waals surface area (Å²) >= 11 is 0. The topological polar surface area (TPSA) is 57.3 Å². The Morgan fingerprint density at radius 2 is 2.18 bits per heavy atom. The highest BCUT2D eigenvalue weighted by Gasteiger charge is 2.45. The molecule has 0 aliphatic rings. The second-order valence-electron chi connectivity index (χ2n) is 4.84. The number of furan rings is 1. The minimum absolute atomic E-state index is 0.243. The number of rotatable bonds is 4. The summed E-state index contributed by atoms with van der Waals surface area (Å²) in [7, 11) is 1.47. The van der Waals surface area contributed by atoms with Crippen molar-refractivity contribution in [2.75, 3.05) is 0 Å². The first kappa shape index (κ1) is 16.1. The molecule has 0 saturated carbocycles. The van der Waals surface area contributed by atoms with Crippen LogP contribution in [-0.2, 0) is 18.2 Å². The maximum atomic E-state index is 13.1. The molecular weight excluding hydrogens is 301 g/mol. The van der Waals surface area contributed by atoms with E-state index in [0.717, 1.165) is 12.4 Å². The van der Waals surface area contributed by atoms with Crippen LogP contribution in [0.5, 0.6) is 0 Å². The number of esters is 1. The van der Waals surface area contributed by atoms with E-state index >= 15 is 0 Å². The molecule has 0 radical (unpaired) electrons. The molecule has 0 aliphatic heterocycles. The lowest BCUT2D eigenvalue weighted by atomic mass is 10.2. The summed E-state index contributed by atoms with van der Waals surface area (Å²) in [6.07, 6.45) is -4.44. The van der Waals surface area contributed by atoms with E-state index in [1.165, 1.54) is 17.8 Å². The summed E-state index contributed by atoms with van der Waals surface area (Å²) in [5, 5.41) is 3.66. The number of alkyl halides is 3. The van der Waals surface area contributed by atoms with Gasteiger partial charge in [0, 0.05) is 25.2 Å². The molecule has 0 amide bonds. The number of hydrogen-bond donors (Lipinski definition) is 0. The first-order valence-electron chi connectivity index (χ1n) is 6.58. The second-order valence-corrected chi connectivity index (χ2v) is 4.84. The quantitative estimate of drug-likeness (QED) is 0.812. The van der Waals surface area contributed by atoms with Crippen molar-refractivity contribution in [3.05, 3.63) is 41.1 Å². The molecule has 0 spiro atoms. The highest BCUT2D eigenvalue weighted by Crippen LogP contribution is 2.36. The van der Waals surface area contributed by atoms with Crippen molar-refractivity contribution in [3.8, 4) is 0 Å². The van der Waals surface area contributed by atoms with Crippen molar-refractivity contribution < 1.29 is 27.1 Å². The van der Waals surface area contributed by atoms with Gasteiger partial charge in [-0.2, -0.15) is 18.3 Å².